The Bertz CT molecular complexity index is 353. The van der Waals surface area contributed by atoms with E-state index in [1.54, 1.807) is 0 Å². The van der Waals surface area contributed by atoms with Gasteiger partial charge in [0.2, 0.25) is 0 Å². The van der Waals surface area contributed by atoms with Crippen molar-refractivity contribution in [3.63, 3.8) is 0 Å². The van der Waals surface area contributed by atoms with Crippen LogP contribution < -0.4 is 14.0 Å². The van der Waals surface area contributed by atoms with E-state index in [0.29, 0.717) is 0 Å². The van der Waals surface area contributed by atoms with Crippen LogP contribution in [0.3, 0.4) is 0 Å². The van der Waals surface area contributed by atoms with Crippen LogP contribution in [0.2, 0.25) is 0 Å². The Labute approximate surface area is 88.8 Å². The minimum atomic E-state index is -4.69. The largest absolute Gasteiger partial charge is 0.183 e. The minimum Gasteiger partial charge on any atom is -0.183 e. The second kappa shape index (κ2) is 5.06. The third kappa shape index (κ3) is 5.31. The summed E-state index contributed by atoms with van der Waals surface area (Å²) in [6, 6.07) is 16.7. The lowest BCUT2D eigenvalue weighted by atomic mass is 10.1. The summed E-state index contributed by atoms with van der Waals surface area (Å²) >= 11 is 0. The molecule has 2 aromatic rings. The standard InChI is InChI=1S/C10H8.ClHO4/c1-2-6-10-8-4-3-7-9(10)5-1;2-1(3,4)5/h1-8H;(H,2,3,4,5). The molecule has 0 unspecified atom stereocenters. The quantitative estimate of drug-likeness (QED) is 0.608. The first kappa shape index (κ1) is 11.9. The van der Waals surface area contributed by atoms with E-state index in [2.05, 4.69) is 48.5 Å². The molecule has 0 aliphatic carbocycles. The van der Waals surface area contributed by atoms with Crippen LogP contribution in [0, 0.1) is 10.2 Å². The molecule has 0 spiro atoms. The Morgan fingerprint density at radius 3 is 1.13 bits per heavy atom. The highest BCUT2D eigenvalue weighted by Gasteiger charge is 1.98. The molecule has 0 heterocycles. The highest BCUT2D eigenvalue weighted by atomic mass is 35.7. The Morgan fingerprint density at radius 2 is 0.933 bits per heavy atom. The SMILES string of the molecule is [O-][Cl+3]([O-])([O-])O.c1ccc2ccccc2c1. The number of halogens is 1. The third-order valence-corrected chi connectivity index (χ3v) is 1.66. The van der Waals surface area contributed by atoms with Crippen molar-refractivity contribution in [3.8, 4) is 0 Å². The van der Waals surface area contributed by atoms with Crippen molar-refractivity contribution in [2.24, 2.45) is 0 Å². The Morgan fingerprint density at radius 1 is 0.733 bits per heavy atom. The van der Waals surface area contributed by atoms with Gasteiger partial charge in [-0.1, -0.05) is 48.5 Å². The van der Waals surface area contributed by atoms with Gasteiger partial charge in [0.15, 0.2) is 0 Å². The molecule has 0 saturated carbocycles. The number of benzene rings is 2. The van der Waals surface area contributed by atoms with Gasteiger partial charge in [0.25, 0.3) is 0 Å². The van der Waals surface area contributed by atoms with Crippen LogP contribution in [0.15, 0.2) is 48.5 Å². The van der Waals surface area contributed by atoms with E-state index in [0.717, 1.165) is 0 Å². The minimum absolute atomic E-state index is 1.31. The summed E-state index contributed by atoms with van der Waals surface area (Å²) in [4.78, 5) is 0. The van der Waals surface area contributed by atoms with Gasteiger partial charge in [-0.15, -0.1) is 0 Å². The molecule has 5 heteroatoms. The number of hydrogen-bond acceptors (Lipinski definition) is 4. The van der Waals surface area contributed by atoms with Crippen molar-refractivity contribution in [1.82, 2.24) is 0 Å². The zero-order valence-electron chi connectivity index (χ0n) is 7.67. The van der Waals surface area contributed by atoms with Crippen LogP contribution in [-0.4, -0.2) is 4.66 Å². The van der Waals surface area contributed by atoms with Crippen LogP contribution in [0.4, 0.5) is 0 Å². The van der Waals surface area contributed by atoms with E-state index in [-0.39, 0.29) is 0 Å². The maximum atomic E-state index is 8.60. The van der Waals surface area contributed by atoms with Crippen LogP contribution in [0.1, 0.15) is 0 Å². The van der Waals surface area contributed by atoms with Crippen LogP contribution in [0.5, 0.6) is 0 Å². The van der Waals surface area contributed by atoms with Gasteiger partial charge in [0.1, 0.15) is 0 Å². The van der Waals surface area contributed by atoms with Crippen LogP contribution in [0.25, 0.3) is 10.8 Å². The number of fused-ring (bicyclic) bond motifs is 1. The van der Waals surface area contributed by atoms with Gasteiger partial charge >= 0.3 is 0 Å². The highest BCUT2D eigenvalue weighted by Crippen LogP contribution is 2.11. The molecular formula is C10H9ClO4. The summed E-state index contributed by atoms with van der Waals surface area (Å²) in [7, 11) is -4.69. The van der Waals surface area contributed by atoms with Crippen LogP contribution in [-0.2, 0) is 0 Å². The molecule has 0 aliphatic rings. The summed E-state index contributed by atoms with van der Waals surface area (Å²) < 4.78 is 32.7. The molecule has 0 fully saturated rings. The molecule has 0 aromatic heterocycles. The second-order valence-corrected chi connectivity index (χ2v) is 3.54. The molecule has 0 atom stereocenters. The summed E-state index contributed by atoms with van der Waals surface area (Å²) in [5.74, 6) is 0. The lowest BCUT2D eigenvalue weighted by molar-refractivity contribution is -1.92. The van der Waals surface area contributed by atoms with Crippen molar-refractivity contribution < 1.29 is 28.9 Å². The number of hydrogen-bond donors (Lipinski definition) is 1. The Balaban J connectivity index is 0.000000195. The van der Waals surface area contributed by atoms with E-state index in [4.69, 9.17) is 18.6 Å². The second-order valence-electron chi connectivity index (χ2n) is 2.74. The molecule has 0 aliphatic heterocycles. The maximum Gasteiger partial charge on any atom is 0.0777 e. The van der Waals surface area contributed by atoms with Crippen LogP contribution >= 0.6 is 0 Å². The average molecular weight is 229 g/mol. The molecule has 15 heavy (non-hydrogen) atoms. The zero-order valence-corrected chi connectivity index (χ0v) is 8.42. The topological polar surface area (TPSA) is 89.4 Å². The molecular weight excluding hydrogens is 220 g/mol. The molecule has 2 rings (SSSR count). The van der Waals surface area contributed by atoms with Gasteiger partial charge in [0.05, 0.1) is 14.9 Å². The van der Waals surface area contributed by atoms with Gasteiger partial charge in [-0.3, -0.25) is 0 Å². The normalized spacial score (nSPS) is 10.7. The lowest BCUT2D eigenvalue weighted by Crippen LogP contribution is -2.58. The Kier molecular flexibility index (Phi) is 4.02. The first-order chi connectivity index (χ1) is 6.97. The molecule has 80 valence electrons. The van der Waals surface area contributed by atoms with Gasteiger partial charge in [0, 0.05) is 0 Å². The predicted octanol–water partition coefficient (Wildman–Crippen LogP) is -1.28. The van der Waals surface area contributed by atoms with Crippen molar-refractivity contribution in [2.45, 2.75) is 0 Å². The maximum absolute atomic E-state index is 8.60. The van der Waals surface area contributed by atoms with Gasteiger partial charge < -0.3 is 0 Å². The molecule has 0 amide bonds. The smallest absolute Gasteiger partial charge is 0.0777 e. The molecule has 4 nitrogen and oxygen atoms in total. The monoisotopic (exact) mass is 228 g/mol. The van der Waals surface area contributed by atoms with Gasteiger partial charge in [-0.05, 0) is 10.8 Å². The fourth-order valence-corrected chi connectivity index (χ4v) is 1.13. The first-order valence-corrected chi connectivity index (χ1v) is 5.30. The van der Waals surface area contributed by atoms with E-state index in [1.165, 1.54) is 10.8 Å². The third-order valence-electron chi connectivity index (χ3n) is 1.66. The summed E-state index contributed by atoms with van der Waals surface area (Å²) in [6.45, 7) is 0. The van der Waals surface area contributed by atoms with Gasteiger partial charge in [-0.25, -0.2) is 0 Å². The molecule has 2 aromatic carbocycles. The zero-order chi connectivity index (χ0) is 11.3. The predicted molar refractivity (Wildman–Crippen MR) is 46.2 cm³/mol. The summed E-state index contributed by atoms with van der Waals surface area (Å²) in [5.41, 5.74) is 0. The van der Waals surface area contributed by atoms with E-state index >= 15 is 0 Å². The fourth-order valence-electron chi connectivity index (χ4n) is 1.13. The van der Waals surface area contributed by atoms with E-state index in [1.807, 2.05) is 0 Å². The van der Waals surface area contributed by atoms with Crippen molar-refractivity contribution in [2.75, 3.05) is 0 Å². The van der Waals surface area contributed by atoms with Crippen molar-refractivity contribution >= 4 is 10.8 Å². The van der Waals surface area contributed by atoms with Gasteiger partial charge in [-0.2, -0.15) is 14.0 Å². The fraction of sp³-hybridized carbons (Fsp3) is 0. The molecule has 0 saturated heterocycles. The lowest BCUT2D eigenvalue weighted by Gasteiger charge is -2.03. The molecule has 1 N–H and O–H groups in total. The van der Waals surface area contributed by atoms with E-state index in [9.17, 15) is 0 Å². The molecule has 0 bridgehead atoms. The molecule has 0 radical (unpaired) electrons. The average Bonchev–Trinajstić information content (AvgIpc) is 2.16. The highest BCUT2D eigenvalue weighted by molar-refractivity contribution is 5.81. The summed E-state index contributed by atoms with van der Waals surface area (Å²) in [6.07, 6.45) is 0. The van der Waals surface area contributed by atoms with Crippen molar-refractivity contribution in [3.05, 3.63) is 48.5 Å². The summed E-state index contributed by atoms with van der Waals surface area (Å²) in [5, 5.41) is 2.62. The van der Waals surface area contributed by atoms with E-state index < -0.39 is 10.2 Å². The Hall–Kier alpha value is -1.17. The van der Waals surface area contributed by atoms with Crippen molar-refractivity contribution in [1.29, 1.82) is 0 Å². The first-order valence-electron chi connectivity index (χ1n) is 4.04. The number of rotatable bonds is 0.